The number of benzene rings is 1. The van der Waals surface area contributed by atoms with Gasteiger partial charge in [0.1, 0.15) is 0 Å². The molecule has 0 amide bonds. The van der Waals surface area contributed by atoms with E-state index in [1.807, 2.05) is 17.7 Å². The quantitative estimate of drug-likeness (QED) is 0.887. The second-order valence-electron chi connectivity index (χ2n) is 5.15. The topological polar surface area (TPSA) is 43.8 Å². The molecule has 0 saturated carbocycles. The van der Waals surface area contributed by atoms with Gasteiger partial charge in [0.15, 0.2) is 0 Å². The summed E-state index contributed by atoms with van der Waals surface area (Å²) in [7, 11) is 0. The normalized spacial score (nSPS) is 12.6. The highest BCUT2D eigenvalue weighted by molar-refractivity contribution is 6.31. The van der Waals surface area contributed by atoms with Crippen LogP contribution < -0.4 is 5.73 Å². The Balaban J connectivity index is 1.96. The molecule has 1 aromatic heterocycles. The van der Waals surface area contributed by atoms with Gasteiger partial charge in [0.25, 0.3) is 0 Å². The van der Waals surface area contributed by atoms with E-state index in [9.17, 15) is 0 Å². The van der Waals surface area contributed by atoms with E-state index < -0.39 is 0 Å². The highest BCUT2D eigenvalue weighted by Crippen LogP contribution is 2.22. The maximum atomic E-state index is 6.32. The maximum Gasteiger partial charge on any atom is 0.0847 e. The molecule has 2 N–H and O–H groups in total. The van der Waals surface area contributed by atoms with Crippen molar-refractivity contribution < 1.29 is 0 Å². The average molecular weight is 292 g/mol. The van der Waals surface area contributed by atoms with E-state index in [0.717, 1.165) is 42.2 Å². The zero-order valence-corrected chi connectivity index (χ0v) is 12.9. The van der Waals surface area contributed by atoms with E-state index in [1.54, 1.807) is 0 Å². The van der Waals surface area contributed by atoms with Crippen LogP contribution in [0.1, 0.15) is 30.3 Å². The summed E-state index contributed by atoms with van der Waals surface area (Å²) in [6.45, 7) is 4.84. The summed E-state index contributed by atoms with van der Waals surface area (Å²) in [6, 6.07) is 10.5. The molecule has 1 heterocycles. The van der Waals surface area contributed by atoms with Crippen molar-refractivity contribution in [3.63, 3.8) is 0 Å². The van der Waals surface area contributed by atoms with Crippen LogP contribution >= 0.6 is 11.6 Å². The first-order chi connectivity index (χ1) is 9.61. The first-order valence-corrected chi connectivity index (χ1v) is 7.51. The van der Waals surface area contributed by atoms with Crippen molar-refractivity contribution in [1.29, 1.82) is 0 Å². The van der Waals surface area contributed by atoms with Crippen LogP contribution in [-0.4, -0.2) is 15.8 Å². The second-order valence-corrected chi connectivity index (χ2v) is 5.53. The predicted octanol–water partition coefficient (Wildman–Crippen LogP) is 3.37. The minimum atomic E-state index is 0.106. The summed E-state index contributed by atoms with van der Waals surface area (Å²) < 4.78 is 1.96. The van der Waals surface area contributed by atoms with Crippen LogP contribution in [0.4, 0.5) is 0 Å². The number of hydrogen-bond acceptors (Lipinski definition) is 2. The Morgan fingerprint density at radius 2 is 2.00 bits per heavy atom. The van der Waals surface area contributed by atoms with Crippen LogP contribution in [0.25, 0.3) is 0 Å². The SMILES string of the molecule is CCn1nc(C)c(Cl)c1CC(N)CCc1ccccc1. The Kier molecular flexibility index (Phi) is 5.21. The average Bonchev–Trinajstić information content (AvgIpc) is 2.74. The van der Waals surface area contributed by atoms with E-state index in [0.29, 0.717) is 0 Å². The molecule has 0 aliphatic rings. The smallest absolute Gasteiger partial charge is 0.0847 e. The van der Waals surface area contributed by atoms with Gasteiger partial charge in [0.05, 0.1) is 16.4 Å². The molecule has 0 radical (unpaired) electrons. The van der Waals surface area contributed by atoms with E-state index in [1.165, 1.54) is 5.56 Å². The molecule has 4 heteroatoms. The van der Waals surface area contributed by atoms with Crippen LogP contribution in [0, 0.1) is 6.92 Å². The Morgan fingerprint density at radius 3 is 2.65 bits per heavy atom. The molecule has 0 aliphatic heterocycles. The van der Waals surface area contributed by atoms with Crippen molar-refractivity contribution in [3.8, 4) is 0 Å². The van der Waals surface area contributed by atoms with Gasteiger partial charge in [-0.25, -0.2) is 0 Å². The molecule has 20 heavy (non-hydrogen) atoms. The van der Waals surface area contributed by atoms with Gasteiger partial charge in [-0.05, 0) is 32.3 Å². The number of aromatic nitrogens is 2. The van der Waals surface area contributed by atoms with Gasteiger partial charge < -0.3 is 5.73 Å². The fraction of sp³-hybridized carbons (Fsp3) is 0.438. The minimum Gasteiger partial charge on any atom is -0.327 e. The molecular weight excluding hydrogens is 270 g/mol. The van der Waals surface area contributed by atoms with Gasteiger partial charge in [-0.3, -0.25) is 4.68 Å². The summed E-state index contributed by atoms with van der Waals surface area (Å²) in [6.07, 6.45) is 2.73. The monoisotopic (exact) mass is 291 g/mol. The Labute approximate surface area is 125 Å². The molecule has 2 aromatic rings. The largest absolute Gasteiger partial charge is 0.327 e. The number of rotatable bonds is 6. The number of nitrogens with zero attached hydrogens (tertiary/aromatic N) is 2. The number of halogens is 1. The lowest BCUT2D eigenvalue weighted by Crippen LogP contribution is -2.25. The third-order valence-electron chi connectivity index (χ3n) is 3.55. The summed E-state index contributed by atoms with van der Waals surface area (Å²) in [5.74, 6) is 0. The molecule has 108 valence electrons. The molecule has 3 nitrogen and oxygen atoms in total. The Bertz CT molecular complexity index is 548. The number of aryl methyl sites for hydroxylation is 3. The lowest BCUT2D eigenvalue weighted by Gasteiger charge is -2.13. The molecule has 1 unspecified atom stereocenters. The van der Waals surface area contributed by atoms with Gasteiger partial charge in [0.2, 0.25) is 0 Å². The summed E-state index contributed by atoms with van der Waals surface area (Å²) in [5, 5.41) is 5.19. The molecule has 0 fully saturated rings. The zero-order valence-electron chi connectivity index (χ0n) is 12.1. The fourth-order valence-corrected chi connectivity index (χ4v) is 2.62. The third-order valence-corrected chi connectivity index (χ3v) is 4.05. The van der Waals surface area contributed by atoms with Crippen molar-refractivity contribution in [2.45, 2.75) is 45.7 Å². The summed E-state index contributed by atoms with van der Waals surface area (Å²) in [5.41, 5.74) is 9.53. The molecule has 2 rings (SSSR count). The Hall–Kier alpha value is -1.32. The number of nitrogens with two attached hydrogens (primary N) is 1. The van der Waals surface area contributed by atoms with Gasteiger partial charge in [-0.1, -0.05) is 41.9 Å². The summed E-state index contributed by atoms with van der Waals surface area (Å²) >= 11 is 6.32. The van der Waals surface area contributed by atoms with Gasteiger partial charge in [-0.2, -0.15) is 5.10 Å². The van der Waals surface area contributed by atoms with E-state index in [2.05, 4.69) is 36.3 Å². The van der Waals surface area contributed by atoms with Crippen LogP contribution in [0.15, 0.2) is 30.3 Å². The zero-order chi connectivity index (χ0) is 14.5. The van der Waals surface area contributed by atoms with Crippen molar-refractivity contribution in [3.05, 3.63) is 52.3 Å². The Morgan fingerprint density at radius 1 is 1.30 bits per heavy atom. The van der Waals surface area contributed by atoms with E-state index in [4.69, 9.17) is 17.3 Å². The standard InChI is InChI=1S/C16H22ClN3/c1-3-20-15(16(17)12(2)19-20)11-14(18)10-9-13-7-5-4-6-8-13/h4-8,14H,3,9-11,18H2,1-2H3. The van der Waals surface area contributed by atoms with Crippen LogP contribution in [0.3, 0.4) is 0 Å². The van der Waals surface area contributed by atoms with Crippen LogP contribution in [0.5, 0.6) is 0 Å². The molecule has 1 aromatic carbocycles. The summed E-state index contributed by atoms with van der Waals surface area (Å²) in [4.78, 5) is 0. The molecular formula is C16H22ClN3. The number of hydrogen-bond donors (Lipinski definition) is 1. The van der Waals surface area contributed by atoms with Crippen molar-refractivity contribution in [1.82, 2.24) is 9.78 Å². The second kappa shape index (κ2) is 6.91. The van der Waals surface area contributed by atoms with Crippen molar-refractivity contribution in [2.75, 3.05) is 0 Å². The van der Waals surface area contributed by atoms with Crippen molar-refractivity contribution >= 4 is 11.6 Å². The third kappa shape index (κ3) is 3.62. The lowest BCUT2D eigenvalue weighted by molar-refractivity contribution is 0.554. The van der Waals surface area contributed by atoms with Crippen LogP contribution in [-0.2, 0) is 19.4 Å². The van der Waals surface area contributed by atoms with E-state index in [-0.39, 0.29) is 6.04 Å². The van der Waals surface area contributed by atoms with Crippen LogP contribution in [0.2, 0.25) is 5.02 Å². The van der Waals surface area contributed by atoms with Gasteiger partial charge in [0, 0.05) is 19.0 Å². The first kappa shape index (κ1) is 15.1. The highest BCUT2D eigenvalue weighted by Gasteiger charge is 2.15. The molecule has 0 bridgehead atoms. The molecule has 0 aliphatic carbocycles. The van der Waals surface area contributed by atoms with E-state index >= 15 is 0 Å². The van der Waals surface area contributed by atoms with Crippen molar-refractivity contribution in [2.24, 2.45) is 5.73 Å². The molecule has 1 atom stereocenters. The lowest BCUT2D eigenvalue weighted by atomic mass is 10.0. The molecule has 0 spiro atoms. The highest BCUT2D eigenvalue weighted by atomic mass is 35.5. The fourth-order valence-electron chi connectivity index (χ4n) is 2.41. The maximum absolute atomic E-state index is 6.32. The molecule has 0 saturated heterocycles. The van der Waals surface area contributed by atoms with Gasteiger partial charge in [-0.15, -0.1) is 0 Å². The first-order valence-electron chi connectivity index (χ1n) is 7.13. The predicted molar refractivity (Wildman–Crippen MR) is 84.1 cm³/mol. The van der Waals surface area contributed by atoms with Gasteiger partial charge >= 0.3 is 0 Å². The minimum absolute atomic E-state index is 0.106.